The van der Waals surface area contributed by atoms with Gasteiger partial charge in [-0.3, -0.25) is 4.79 Å². The molecule has 7 heteroatoms. The van der Waals surface area contributed by atoms with Crippen LogP contribution in [0.5, 0.6) is 0 Å². The summed E-state index contributed by atoms with van der Waals surface area (Å²) in [6.07, 6.45) is 10.3. The lowest BCUT2D eigenvalue weighted by molar-refractivity contribution is -0.146. The number of aryl methyl sites for hydroxylation is 2. The molecule has 1 aromatic heterocycles. The second kappa shape index (κ2) is 11.5. The number of unbranched alkanes of at least 4 members (excludes halogenated alkanes) is 4. The lowest BCUT2D eigenvalue weighted by atomic mass is 9.83. The van der Waals surface area contributed by atoms with Crippen LogP contribution in [0.2, 0.25) is 0 Å². The Morgan fingerprint density at radius 2 is 2.03 bits per heavy atom. The number of rotatable bonds is 11. The Morgan fingerprint density at radius 3 is 2.81 bits per heavy atom. The lowest BCUT2D eigenvalue weighted by Crippen LogP contribution is -2.50. The molecule has 0 spiro atoms. The van der Waals surface area contributed by atoms with Gasteiger partial charge in [0, 0.05) is 18.8 Å². The summed E-state index contributed by atoms with van der Waals surface area (Å²) in [6, 6.07) is 3.52. The highest BCUT2D eigenvalue weighted by molar-refractivity contribution is 5.87. The zero-order valence-electron chi connectivity index (χ0n) is 18.8. The van der Waals surface area contributed by atoms with E-state index in [-0.39, 0.29) is 5.91 Å². The minimum Gasteiger partial charge on any atom is -0.480 e. The Balaban J connectivity index is 1.31. The van der Waals surface area contributed by atoms with Gasteiger partial charge in [-0.05, 0) is 63.5 Å². The van der Waals surface area contributed by atoms with Crippen molar-refractivity contribution in [2.45, 2.75) is 83.6 Å². The van der Waals surface area contributed by atoms with Crippen LogP contribution in [-0.2, 0) is 27.2 Å². The number of hydrogen-bond acceptors (Lipinski definition) is 5. The number of carboxylic acids is 1. The number of aromatic nitrogens is 1. The fourth-order valence-corrected chi connectivity index (χ4v) is 4.40. The number of nitrogens with zero attached hydrogens (tertiary/aromatic N) is 1. The van der Waals surface area contributed by atoms with E-state index < -0.39 is 17.4 Å². The van der Waals surface area contributed by atoms with E-state index in [4.69, 9.17) is 9.72 Å². The van der Waals surface area contributed by atoms with Gasteiger partial charge in [-0.25, -0.2) is 9.78 Å². The van der Waals surface area contributed by atoms with Crippen molar-refractivity contribution in [2.24, 2.45) is 5.41 Å². The summed E-state index contributed by atoms with van der Waals surface area (Å²) in [6.45, 7) is 3.90. The monoisotopic (exact) mass is 431 g/mol. The van der Waals surface area contributed by atoms with E-state index in [1.54, 1.807) is 0 Å². The van der Waals surface area contributed by atoms with Gasteiger partial charge in [0.1, 0.15) is 11.9 Å². The maximum Gasteiger partial charge on any atom is 0.326 e. The van der Waals surface area contributed by atoms with Crippen LogP contribution in [-0.4, -0.2) is 47.8 Å². The van der Waals surface area contributed by atoms with E-state index in [2.05, 4.69) is 22.8 Å². The van der Waals surface area contributed by atoms with E-state index in [1.807, 2.05) is 6.92 Å². The molecule has 2 aliphatic heterocycles. The van der Waals surface area contributed by atoms with Gasteiger partial charge in [0.05, 0.1) is 12.0 Å². The Labute approximate surface area is 185 Å². The first-order valence-electron chi connectivity index (χ1n) is 11.8. The topological polar surface area (TPSA) is 101 Å². The highest BCUT2D eigenvalue weighted by atomic mass is 16.5. The van der Waals surface area contributed by atoms with Crippen LogP contribution < -0.4 is 10.6 Å². The molecule has 2 atom stereocenters. The Kier molecular flexibility index (Phi) is 8.69. The highest BCUT2D eigenvalue weighted by Gasteiger charge is 2.37. The molecule has 1 fully saturated rings. The van der Waals surface area contributed by atoms with Crippen molar-refractivity contribution in [3.63, 3.8) is 0 Å². The first-order valence-corrected chi connectivity index (χ1v) is 11.8. The number of ether oxygens (including phenoxy) is 1. The molecule has 7 nitrogen and oxygen atoms in total. The third-order valence-corrected chi connectivity index (χ3v) is 6.47. The van der Waals surface area contributed by atoms with Crippen LogP contribution in [0.3, 0.4) is 0 Å². The molecule has 2 aliphatic rings. The predicted molar refractivity (Wildman–Crippen MR) is 120 cm³/mol. The molecule has 1 saturated heterocycles. The quantitative estimate of drug-likeness (QED) is 0.462. The van der Waals surface area contributed by atoms with Gasteiger partial charge < -0.3 is 20.5 Å². The van der Waals surface area contributed by atoms with Crippen molar-refractivity contribution in [1.29, 1.82) is 0 Å². The first-order chi connectivity index (χ1) is 15.0. The van der Waals surface area contributed by atoms with Gasteiger partial charge in [0.15, 0.2) is 0 Å². The molecule has 31 heavy (non-hydrogen) atoms. The van der Waals surface area contributed by atoms with Crippen LogP contribution in [0, 0.1) is 5.41 Å². The van der Waals surface area contributed by atoms with Gasteiger partial charge in [0.2, 0.25) is 5.91 Å². The molecule has 3 heterocycles. The lowest BCUT2D eigenvalue weighted by Gasteiger charge is -2.33. The van der Waals surface area contributed by atoms with Gasteiger partial charge in [-0.1, -0.05) is 31.7 Å². The second-order valence-electron chi connectivity index (χ2n) is 9.23. The van der Waals surface area contributed by atoms with Crippen molar-refractivity contribution >= 4 is 17.7 Å². The van der Waals surface area contributed by atoms with Crippen LogP contribution in [0.4, 0.5) is 5.82 Å². The average Bonchev–Trinajstić information content (AvgIpc) is 2.77. The maximum absolute atomic E-state index is 12.6. The van der Waals surface area contributed by atoms with E-state index in [9.17, 15) is 14.7 Å². The number of nitrogens with one attached hydrogen (secondary N) is 2. The summed E-state index contributed by atoms with van der Waals surface area (Å²) in [5, 5.41) is 15.6. The minimum absolute atomic E-state index is 0.202. The Morgan fingerprint density at radius 1 is 1.23 bits per heavy atom. The molecule has 1 aromatic rings. The Hall–Kier alpha value is -2.15. The molecule has 0 bridgehead atoms. The maximum atomic E-state index is 12.6. The summed E-state index contributed by atoms with van der Waals surface area (Å²) in [5.74, 6) is -0.105. The molecule has 3 N–H and O–H groups in total. The molecule has 0 aromatic carbocycles. The predicted octanol–water partition coefficient (Wildman–Crippen LogP) is 3.71. The third kappa shape index (κ3) is 6.92. The smallest absolute Gasteiger partial charge is 0.326 e. The minimum atomic E-state index is -0.958. The molecular formula is C24H37N3O4. The summed E-state index contributed by atoms with van der Waals surface area (Å²) >= 11 is 0. The second-order valence-corrected chi connectivity index (χ2v) is 9.23. The number of aliphatic carboxylic acids is 1. The number of anilines is 1. The van der Waals surface area contributed by atoms with E-state index in [0.717, 1.165) is 75.8 Å². The number of fused-ring (bicyclic) bond motifs is 1. The number of carbonyl (C=O) groups is 2. The van der Waals surface area contributed by atoms with Crippen molar-refractivity contribution in [3.8, 4) is 0 Å². The largest absolute Gasteiger partial charge is 0.480 e. The average molecular weight is 432 g/mol. The van der Waals surface area contributed by atoms with E-state index in [0.29, 0.717) is 19.6 Å². The zero-order valence-corrected chi connectivity index (χ0v) is 18.8. The van der Waals surface area contributed by atoms with Gasteiger partial charge in [-0.2, -0.15) is 0 Å². The van der Waals surface area contributed by atoms with Gasteiger partial charge in [0.25, 0.3) is 0 Å². The number of pyridine rings is 1. The van der Waals surface area contributed by atoms with Crippen molar-refractivity contribution in [3.05, 3.63) is 23.4 Å². The van der Waals surface area contributed by atoms with E-state index >= 15 is 0 Å². The van der Waals surface area contributed by atoms with Crippen LogP contribution in [0.25, 0.3) is 0 Å². The molecule has 172 valence electrons. The normalized spacial score (nSPS) is 21.6. The third-order valence-electron chi connectivity index (χ3n) is 6.47. The first kappa shape index (κ1) is 23.5. The molecule has 0 radical (unpaired) electrons. The number of carbonyl (C=O) groups excluding carboxylic acids is 1. The van der Waals surface area contributed by atoms with Gasteiger partial charge >= 0.3 is 5.97 Å². The van der Waals surface area contributed by atoms with Crippen molar-refractivity contribution < 1.29 is 19.4 Å². The summed E-state index contributed by atoms with van der Waals surface area (Å²) in [4.78, 5) is 28.9. The standard InChI is InChI=1S/C24H37N3O4/c1-24(14-8-16-31-17-24)23(30)27-20(22(28)29)11-6-4-2-3-5-10-19-13-12-18-9-7-15-25-21(18)26-19/h12-13,20H,2-11,14-17H2,1H3,(H,25,26)(H,27,30)(H,28,29)/t20?,24-/m0/s1. The van der Waals surface area contributed by atoms with Crippen LogP contribution in [0.15, 0.2) is 12.1 Å². The summed E-state index contributed by atoms with van der Waals surface area (Å²) < 4.78 is 5.43. The molecule has 3 rings (SSSR count). The van der Waals surface area contributed by atoms with E-state index in [1.165, 1.54) is 12.0 Å². The van der Waals surface area contributed by atoms with Crippen molar-refractivity contribution in [1.82, 2.24) is 10.3 Å². The fourth-order valence-electron chi connectivity index (χ4n) is 4.40. The summed E-state index contributed by atoms with van der Waals surface area (Å²) in [7, 11) is 0. The van der Waals surface area contributed by atoms with Crippen LogP contribution >= 0.6 is 0 Å². The molecule has 0 saturated carbocycles. The Bertz CT molecular complexity index is 746. The molecule has 1 amide bonds. The number of amides is 1. The molecular weight excluding hydrogens is 394 g/mol. The molecule has 0 aliphatic carbocycles. The van der Waals surface area contributed by atoms with Crippen LogP contribution in [0.1, 0.15) is 76.0 Å². The van der Waals surface area contributed by atoms with Gasteiger partial charge in [-0.15, -0.1) is 0 Å². The fraction of sp³-hybridized carbons (Fsp3) is 0.708. The highest BCUT2D eigenvalue weighted by Crippen LogP contribution is 2.28. The number of hydrogen-bond donors (Lipinski definition) is 3. The SMILES string of the molecule is C[C@]1(C(=O)NC(CCCCCCCc2ccc3c(n2)NCCC3)C(=O)O)CCCOC1. The zero-order chi connectivity index (χ0) is 22.1. The summed E-state index contributed by atoms with van der Waals surface area (Å²) in [5.41, 5.74) is 1.84. The van der Waals surface area contributed by atoms with Crippen molar-refractivity contribution in [2.75, 3.05) is 25.1 Å². The molecule has 1 unspecified atom stereocenters. The number of carboxylic acid groups (broad SMARTS) is 1.